The number of aromatic nitrogens is 3. The summed E-state index contributed by atoms with van der Waals surface area (Å²) in [6.07, 6.45) is 1.81. The maximum atomic E-state index is 13.2. The molecule has 0 aliphatic rings. The number of hydrogen-bond donors (Lipinski definition) is 1. The fourth-order valence-electron chi connectivity index (χ4n) is 3.74. The Labute approximate surface area is 176 Å². The first kappa shape index (κ1) is 19.8. The smallest absolute Gasteiger partial charge is 0.252 e. The van der Waals surface area contributed by atoms with Crippen LogP contribution in [0.1, 0.15) is 40.7 Å². The minimum Gasteiger partial charge on any atom is -0.350 e. The molecule has 0 spiro atoms. The van der Waals surface area contributed by atoms with Crippen molar-refractivity contribution in [3.05, 3.63) is 89.2 Å². The van der Waals surface area contributed by atoms with Crippen LogP contribution in [0.15, 0.2) is 66.7 Å². The van der Waals surface area contributed by atoms with E-state index in [9.17, 15) is 4.79 Å². The second-order valence-corrected chi connectivity index (χ2v) is 7.74. The molecule has 2 aromatic heterocycles. The number of rotatable bonds is 6. The van der Waals surface area contributed by atoms with Gasteiger partial charge in [0.25, 0.3) is 5.91 Å². The zero-order valence-corrected chi connectivity index (χ0v) is 17.6. The average Bonchev–Trinajstić information content (AvgIpc) is 3.09. The van der Waals surface area contributed by atoms with Gasteiger partial charge in [0.1, 0.15) is 0 Å². The summed E-state index contributed by atoms with van der Waals surface area (Å²) in [5.74, 6) is -0.0817. The van der Waals surface area contributed by atoms with Crippen molar-refractivity contribution in [2.45, 2.75) is 39.7 Å². The minimum atomic E-state index is -0.0817. The van der Waals surface area contributed by atoms with E-state index < -0.39 is 0 Å². The van der Waals surface area contributed by atoms with Crippen LogP contribution in [0.4, 0.5) is 0 Å². The van der Waals surface area contributed by atoms with Crippen molar-refractivity contribution in [3.8, 4) is 5.69 Å². The molecule has 1 N–H and O–H groups in total. The molecule has 4 rings (SSSR count). The Bertz CT molecular complexity index is 1170. The number of nitrogens with one attached hydrogen (secondary N) is 1. The number of pyridine rings is 1. The van der Waals surface area contributed by atoms with Crippen molar-refractivity contribution in [3.63, 3.8) is 0 Å². The van der Waals surface area contributed by atoms with Gasteiger partial charge in [-0.1, -0.05) is 48.5 Å². The summed E-state index contributed by atoms with van der Waals surface area (Å²) in [4.78, 5) is 17.8. The van der Waals surface area contributed by atoms with Gasteiger partial charge < -0.3 is 5.32 Å². The first-order valence-corrected chi connectivity index (χ1v) is 10.3. The average molecular weight is 399 g/mol. The third-order valence-corrected chi connectivity index (χ3v) is 5.27. The Balaban J connectivity index is 1.60. The lowest BCUT2D eigenvalue weighted by Crippen LogP contribution is -2.33. The number of nitrogens with zero attached hydrogens (tertiary/aromatic N) is 3. The van der Waals surface area contributed by atoms with Crippen molar-refractivity contribution < 1.29 is 4.79 Å². The highest BCUT2D eigenvalue weighted by atomic mass is 16.1. The molecule has 0 aliphatic carbocycles. The number of benzene rings is 2. The number of carbonyl (C=O) groups is 1. The number of amides is 1. The Morgan fingerprint density at radius 2 is 1.70 bits per heavy atom. The Morgan fingerprint density at radius 1 is 1.03 bits per heavy atom. The highest BCUT2D eigenvalue weighted by Crippen LogP contribution is 2.25. The normalized spacial score (nSPS) is 12.1. The monoisotopic (exact) mass is 398 g/mol. The number of aryl methyl sites for hydroxylation is 3. The van der Waals surface area contributed by atoms with Crippen LogP contribution in [-0.4, -0.2) is 26.7 Å². The molecule has 1 amide bonds. The molecule has 5 heteroatoms. The van der Waals surface area contributed by atoms with E-state index in [1.807, 2.05) is 80.1 Å². The van der Waals surface area contributed by atoms with E-state index in [-0.39, 0.29) is 11.9 Å². The molecule has 0 bridgehead atoms. The zero-order chi connectivity index (χ0) is 21.1. The molecule has 152 valence electrons. The summed E-state index contributed by atoms with van der Waals surface area (Å²) in [6, 6.07) is 22.1. The lowest BCUT2D eigenvalue weighted by Gasteiger charge is -2.15. The van der Waals surface area contributed by atoms with E-state index in [4.69, 9.17) is 4.98 Å². The molecule has 0 unspecified atom stereocenters. The van der Waals surface area contributed by atoms with Gasteiger partial charge in [-0.15, -0.1) is 0 Å². The van der Waals surface area contributed by atoms with E-state index in [2.05, 4.69) is 22.5 Å². The van der Waals surface area contributed by atoms with Gasteiger partial charge in [-0.2, -0.15) is 5.10 Å². The van der Waals surface area contributed by atoms with Gasteiger partial charge in [0, 0.05) is 11.7 Å². The molecule has 0 fully saturated rings. The van der Waals surface area contributed by atoms with Crippen molar-refractivity contribution in [1.29, 1.82) is 0 Å². The second-order valence-electron chi connectivity index (χ2n) is 7.74. The van der Waals surface area contributed by atoms with Gasteiger partial charge >= 0.3 is 0 Å². The molecule has 5 nitrogen and oxygen atoms in total. The van der Waals surface area contributed by atoms with Crippen LogP contribution < -0.4 is 5.32 Å². The van der Waals surface area contributed by atoms with E-state index in [0.717, 1.165) is 35.3 Å². The number of carbonyl (C=O) groups excluding carboxylic acids is 1. The van der Waals surface area contributed by atoms with E-state index in [1.165, 1.54) is 5.56 Å². The molecule has 0 aliphatic heterocycles. The molecule has 30 heavy (non-hydrogen) atoms. The van der Waals surface area contributed by atoms with Crippen molar-refractivity contribution in [1.82, 2.24) is 20.1 Å². The molecule has 0 radical (unpaired) electrons. The fourth-order valence-corrected chi connectivity index (χ4v) is 3.74. The lowest BCUT2D eigenvalue weighted by molar-refractivity contribution is 0.0940. The minimum absolute atomic E-state index is 0.0608. The molecule has 4 aromatic rings. The van der Waals surface area contributed by atoms with Gasteiger partial charge in [-0.3, -0.25) is 4.79 Å². The number of para-hydroxylation sites is 1. The summed E-state index contributed by atoms with van der Waals surface area (Å²) in [5, 5.41) is 8.63. The van der Waals surface area contributed by atoms with Gasteiger partial charge in [-0.25, -0.2) is 9.67 Å². The van der Waals surface area contributed by atoms with Gasteiger partial charge in [0.15, 0.2) is 5.65 Å². The third kappa shape index (κ3) is 4.10. The summed E-state index contributed by atoms with van der Waals surface area (Å²) >= 11 is 0. The molecule has 0 saturated carbocycles. The predicted octanol–water partition coefficient (Wildman–Crippen LogP) is 4.79. The van der Waals surface area contributed by atoms with Gasteiger partial charge in [0.2, 0.25) is 0 Å². The second kappa shape index (κ2) is 8.49. The zero-order valence-electron chi connectivity index (χ0n) is 17.6. The van der Waals surface area contributed by atoms with E-state index in [1.54, 1.807) is 0 Å². The number of hydrogen-bond acceptors (Lipinski definition) is 3. The van der Waals surface area contributed by atoms with E-state index >= 15 is 0 Å². The largest absolute Gasteiger partial charge is 0.350 e. The van der Waals surface area contributed by atoms with Gasteiger partial charge in [0.05, 0.1) is 22.3 Å². The van der Waals surface area contributed by atoms with Crippen LogP contribution in [-0.2, 0) is 6.42 Å². The summed E-state index contributed by atoms with van der Waals surface area (Å²) in [5.41, 5.74) is 5.13. The van der Waals surface area contributed by atoms with Crippen molar-refractivity contribution >= 4 is 16.9 Å². The van der Waals surface area contributed by atoms with Crippen LogP contribution in [0.3, 0.4) is 0 Å². The molecule has 2 heterocycles. The first-order chi connectivity index (χ1) is 14.5. The quantitative estimate of drug-likeness (QED) is 0.508. The maximum Gasteiger partial charge on any atom is 0.252 e. The van der Waals surface area contributed by atoms with Crippen molar-refractivity contribution in [2.24, 2.45) is 0 Å². The van der Waals surface area contributed by atoms with Crippen LogP contribution in [0.5, 0.6) is 0 Å². The third-order valence-electron chi connectivity index (χ3n) is 5.27. The fraction of sp³-hybridized carbons (Fsp3) is 0.240. The molecule has 0 saturated heterocycles. The van der Waals surface area contributed by atoms with Crippen LogP contribution >= 0.6 is 0 Å². The summed E-state index contributed by atoms with van der Waals surface area (Å²) in [6.45, 7) is 5.88. The van der Waals surface area contributed by atoms with E-state index in [0.29, 0.717) is 11.2 Å². The highest BCUT2D eigenvalue weighted by Gasteiger charge is 2.20. The predicted molar refractivity (Wildman–Crippen MR) is 120 cm³/mol. The molecular weight excluding hydrogens is 372 g/mol. The topological polar surface area (TPSA) is 59.8 Å². The van der Waals surface area contributed by atoms with Crippen LogP contribution in [0, 0.1) is 13.8 Å². The first-order valence-electron chi connectivity index (χ1n) is 10.3. The van der Waals surface area contributed by atoms with Gasteiger partial charge in [-0.05, 0) is 57.4 Å². The SMILES string of the molecule is Cc1cc(C(=O)N[C@@H](C)CCc2ccccc2)c2c(C)nn(-c3ccccc3)c2n1. The molecule has 2 aromatic carbocycles. The Morgan fingerprint density at radius 3 is 2.40 bits per heavy atom. The van der Waals surface area contributed by atoms with Crippen LogP contribution in [0.25, 0.3) is 16.7 Å². The number of fused-ring (bicyclic) bond motifs is 1. The van der Waals surface area contributed by atoms with Crippen LogP contribution in [0.2, 0.25) is 0 Å². The molecular formula is C25H26N4O. The summed E-state index contributed by atoms with van der Waals surface area (Å²) < 4.78 is 1.81. The Kier molecular flexibility index (Phi) is 5.61. The lowest BCUT2D eigenvalue weighted by atomic mass is 10.0. The Hall–Kier alpha value is -3.47. The standard InChI is InChI=1S/C25H26N4O/c1-17(14-15-20-10-6-4-7-11-20)27-25(30)22-16-18(2)26-24-23(22)19(3)28-29(24)21-12-8-5-9-13-21/h4-13,16-17H,14-15H2,1-3H3,(H,27,30)/t17-/m0/s1. The molecule has 1 atom stereocenters. The summed E-state index contributed by atoms with van der Waals surface area (Å²) in [7, 11) is 0. The maximum absolute atomic E-state index is 13.2. The highest BCUT2D eigenvalue weighted by molar-refractivity contribution is 6.06. The van der Waals surface area contributed by atoms with Crippen molar-refractivity contribution in [2.75, 3.05) is 0 Å².